The highest BCUT2D eigenvalue weighted by molar-refractivity contribution is 5.43. The first kappa shape index (κ1) is 14.0. The van der Waals surface area contributed by atoms with Crippen molar-refractivity contribution in [2.75, 3.05) is 31.1 Å². The van der Waals surface area contributed by atoms with Gasteiger partial charge in [-0.3, -0.25) is 4.79 Å². The van der Waals surface area contributed by atoms with Gasteiger partial charge >= 0.3 is 0 Å². The SMILES string of the molecule is CCOC(CN)Cn1ncc(N2CCCC2)cc1=O. The molecule has 19 heavy (non-hydrogen) atoms. The molecule has 0 radical (unpaired) electrons. The van der Waals surface area contributed by atoms with Crippen LogP contribution >= 0.6 is 0 Å². The molecule has 1 unspecified atom stereocenters. The first-order valence-electron chi connectivity index (χ1n) is 6.88. The first-order chi connectivity index (χ1) is 9.24. The number of hydrogen-bond acceptors (Lipinski definition) is 5. The highest BCUT2D eigenvalue weighted by Gasteiger charge is 2.15. The molecule has 0 saturated carbocycles. The molecule has 106 valence electrons. The van der Waals surface area contributed by atoms with Crippen LogP contribution in [-0.4, -0.2) is 42.1 Å². The van der Waals surface area contributed by atoms with Crippen LogP contribution in [0.3, 0.4) is 0 Å². The van der Waals surface area contributed by atoms with E-state index in [4.69, 9.17) is 10.5 Å². The van der Waals surface area contributed by atoms with Crippen LogP contribution in [0.5, 0.6) is 0 Å². The van der Waals surface area contributed by atoms with Gasteiger partial charge in [0.05, 0.1) is 24.5 Å². The number of anilines is 1. The normalized spacial score (nSPS) is 16.8. The molecule has 1 saturated heterocycles. The molecule has 1 aliphatic rings. The van der Waals surface area contributed by atoms with E-state index in [9.17, 15) is 4.79 Å². The lowest BCUT2D eigenvalue weighted by molar-refractivity contribution is 0.0531. The molecule has 6 nitrogen and oxygen atoms in total. The Morgan fingerprint density at radius 2 is 2.21 bits per heavy atom. The van der Waals surface area contributed by atoms with E-state index in [0.717, 1.165) is 18.8 Å². The minimum atomic E-state index is -0.159. The van der Waals surface area contributed by atoms with Gasteiger partial charge < -0.3 is 15.4 Å². The van der Waals surface area contributed by atoms with Crippen LogP contribution in [0.2, 0.25) is 0 Å². The van der Waals surface area contributed by atoms with Crippen molar-refractivity contribution in [3.63, 3.8) is 0 Å². The van der Waals surface area contributed by atoms with Crippen LogP contribution in [0.15, 0.2) is 17.1 Å². The molecule has 0 aromatic carbocycles. The summed E-state index contributed by atoms with van der Waals surface area (Å²) >= 11 is 0. The van der Waals surface area contributed by atoms with E-state index >= 15 is 0 Å². The molecule has 0 aliphatic carbocycles. The predicted molar refractivity (Wildman–Crippen MR) is 74.4 cm³/mol. The van der Waals surface area contributed by atoms with Crippen LogP contribution < -0.4 is 16.2 Å². The highest BCUT2D eigenvalue weighted by Crippen LogP contribution is 2.16. The second-order valence-electron chi connectivity index (χ2n) is 4.74. The Balaban J connectivity index is 2.08. The lowest BCUT2D eigenvalue weighted by atomic mass is 10.3. The number of ether oxygens (including phenoxy) is 1. The van der Waals surface area contributed by atoms with E-state index < -0.39 is 0 Å². The summed E-state index contributed by atoms with van der Waals surface area (Å²) < 4.78 is 6.87. The maximum Gasteiger partial charge on any atom is 0.268 e. The van der Waals surface area contributed by atoms with Gasteiger partial charge in [0, 0.05) is 32.3 Å². The van der Waals surface area contributed by atoms with E-state index in [1.807, 2.05) is 6.92 Å². The zero-order chi connectivity index (χ0) is 13.7. The number of nitrogens with two attached hydrogens (primary N) is 1. The van der Waals surface area contributed by atoms with Gasteiger partial charge in [-0.25, -0.2) is 4.68 Å². The van der Waals surface area contributed by atoms with Crippen molar-refractivity contribution < 1.29 is 4.74 Å². The summed E-state index contributed by atoms with van der Waals surface area (Å²) in [4.78, 5) is 14.2. The summed E-state index contributed by atoms with van der Waals surface area (Å²) in [6.45, 7) is 5.31. The van der Waals surface area contributed by atoms with Crippen LogP contribution in [0, 0.1) is 0 Å². The fourth-order valence-corrected chi connectivity index (χ4v) is 2.33. The Morgan fingerprint density at radius 1 is 1.47 bits per heavy atom. The van der Waals surface area contributed by atoms with Gasteiger partial charge in [-0.1, -0.05) is 0 Å². The third kappa shape index (κ3) is 3.54. The van der Waals surface area contributed by atoms with Gasteiger partial charge in [-0.05, 0) is 19.8 Å². The molecule has 6 heteroatoms. The predicted octanol–water partition coefficient (Wildman–Crippen LogP) is 0.207. The maximum atomic E-state index is 12.0. The third-order valence-electron chi connectivity index (χ3n) is 3.37. The molecular formula is C13H22N4O2. The highest BCUT2D eigenvalue weighted by atomic mass is 16.5. The van der Waals surface area contributed by atoms with Gasteiger partial charge in [0.25, 0.3) is 5.56 Å². The van der Waals surface area contributed by atoms with Crippen molar-refractivity contribution in [3.8, 4) is 0 Å². The van der Waals surface area contributed by atoms with Crippen LogP contribution in [0.25, 0.3) is 0 Å². The Morgan fingerprint density at radius 3 is 2.79 bits per heavy atom. The second-order valence-corrected chi connectivity index (χ2v) is 4.74. The molecule has 0 bridgehead atoms. The molecule has 1 fully saturated rings. The molecule has 2 heterocycles. The average molecular weight is 266 g/mol. The van der Waals surface area contributed by atoms with Crippen molar-refractivity contribution in [3.05, 3.63) is 22.6 Å². The summed E-state index contributed by atoms with van der Waals surface area (Å²) in [5.41, 5.74) is 6.43. The molecule has 1 aromatic rings. The van der Waals surface area contributed by atoms with Crippen LogP contribution in [0.1, 0.15) is 19.8 Å². The van der Waals surface area contributed by atoms with Crippen molar-refractivity contribution in [2.45, 2.75) is 32.4 Å². The largest absolute Gasteiger partial charge is 0.375 e. The third-order valence-corrected chi connectivity index (χ3v) is 3.37. The van der Waals surface area contributed by atoms with E-state index in [2.05, 4.69) is 10.00 Å². The number of aromatic nitrogens is 2. The molecule has 2 rings (SSSR count). The molecule has 2 N–H and O–H groups in total. The maximum absolute atomic E-state index is 12.0. The fraction of sp³-hybridized carbons (Fsp3) is 0.692. The smallest absolute Gasteiger partial charge is 0.268 e. The van der Waals surface area contributed by atoms with Crippen LogP contribution in [-0.2, 0) is 11.3 Å². The van der Waals surface area contributed by atoms with Crippen LogP contribution in [0.4, 0.5) is 5.69 Å². The zero-order valence-electron chi connectivity index (χ0n) is 11.4. The Kier molecular flexibility index (Phi) is 4.93. The Hall–Kier alpha value is -1.40. The minimum absolute atomic E-state index is 0.0949. The number of hydrogen-bond donors (Lipinski definition) is 1. The summed E-state index contributed by atoms with van der Waals surface area (Å²) in [7, 11) is 0. The van der Waals surface area contributed by atoms with Crippen molar-refractivity contribution in [1.82, 2.24) is 9.78 Å². The topological polar surface area (TPSA) is 73.4 Å². The summed E-state index contributed by atoms with van der Waals surface area (Å²) in [6, 6.07) is 1.65. The Labute approximate surface area is 113 Å². The molecule has 1 aliphatic heterocycles. The van der Waals surface area contributed by atoms with Gasteiger partial charge in [0.2, 0.25) is 0 Å². The molecule has 1 atom stereocenters. The fourth-order valence-electron chi connectivity index (χ4n) is 2.33. The average Bonchev–Trinajstić information content (AvgIpc) is 2.94. The quantitative estimate of drug-likeness (QED) is 0.796. The van der Waals surface area contributed by atoms with E-state index in [0.29, 0.717) is 19.7 Å². The lowest BCUT2D eigenvalue weighted by Gasteiger charge is -2.18. The van der Waals surface area contributed by atoms with E-state index in [1.54, 1.807) is 12.3 Å². The molecule has 1 aromatic heterocycles. The Bertz CT molecular complexity index is 454. The van der Waals surface area contributed by atoms with Gasteiger partial charge in [0.15, 0.2) is 0 Å². The van der Waals surface area contributed by atoms with Gasteiger partial charge in [0.1, 0.15) is 0 Å². The monoisotopic (exact) mass is 266 g/mol. The molecule has 0 amide bonds. The van der Waals surface area contributed by atoms with Gasteiger partial charge in [-0.2, -0.15) is 5.10 Å². The van der Waals surface area contributed by atoms with Gasteiger partial charge in [-0.15, -0.1) is 0 Å². The molecular weight excluding hydrogens is 244 g/mol. The second kappa shape index (κ2) is 6.68. The zero-order valence-corrected chi connectivity index (χ0v) is 11.4. The standard InChI is InChI=1S/C13H22N4O2/c1-2-19-12(8-14)10-17-13(18)7-11(9-15-17)16-5-3-4-6-16/h7,9,12H,2-6,8,10,14H2,1H3. The number of rotatable bonds is 6. The lowest BCUT2D eigenvalue weighted by Crippen LogP contribution is -2.35. The van der Waals surface area contributed by atoms with E-state index in [1.165, 1.54) is 17.5 Å². The minimum Gasteiger partial charge on any atom is -0.375 e. The summed E-state index contributed by atoms with van der Waals surface area (Å²) in [5, 5.41) is 4.22. The first-order valence-corrected chi connectivity index (χ1v) is 6.88. The summed E-state index contributed by atoms with van der Waals surface area (Å²) in [6.07, 6.45) is 3.96. The van der Waals surface area contributed by atoms with E-state index in [-0.39, 0.29) is 11.7 Å². The van der Waals surface area contributed by atoms with Crippen molar-refractivity contribution >= 4 is 5.69 Å². The molecule has 0 spiro atoms. The summed E-state index contributed by atoms with van der Waals surface area (Å²) in [5.74, 6) is 0. The van der Waals surface area contributed by atoms with Crippen molar-refractivity contribution in [2.24, 2.45) is 5.73 Å². The number of nitrogens with zero attached hydrogens (tertiary/aromatic N) is 3. The van der Waals surface area contributed by atoms with Crippen molar-refractivity contribution in [1.29, 1.82) is 0 Å².